The molecule has 1 aliphatic carbocycles. The van der Waals surface area contributed by atoms with Gasteiger partial charge in [-0.15, -0.1) is 12.4 Å². The van der Waals surface area contributed by atoms with Crippen molar-refractivity contribution in [3.05, 3.63) is 35.4 Å². The van der Waals surface area contributed by atoms with Gasteiger partial charge in [0.1, 0.15) is 5.54 Å². The number of carbonyl (C=O) groups excluding carboxylic acids is 1. The molecule has 0 saturated heterocycles. The van der Waals surface area contributed by atoms with Crippen LogP contribution in [0.4, 0.5) is 0 Å². The van der Waals surface area contributed by atoms with Gasteiger partial charge in [0, 0.05) is 30.4 Å². The number of ether oxygens (including phenoxy) is 1. The molecular weight excluding hydrogens is 336 g/mol. The molecule has 1 amide bonds. The van der Waals surface area contributed by atoms with E-state index in [9.17, 15) is 4.79 Å². The number of carbonyl (C=O) groups is 1. The fourth-order valence-corrected chi connectivity index (χ4v) is 3.71. The molecule has 0 spiro atoms. The average molecular weight is 369 g/mol. The van der Waals surface area contributed by atoms with E-state index in [1.807, 2.05) is 32.9 Å². The molecule has 25 heavy (non-hydrogen) atoms. The van der Waals surface area contributed by atoms with Gasteiger partial charge in [-0.1, -0.05) is 52.0 Å². The molecule has 142 valence electrons. The number of nitrogens with two attached hydrogens (primary N) is 1. The Labute approximate surface area is 158 Å². The number of aryl methyl sites for hydroxylation is 1. The van der Waals surface area contributed by atoms with Gasteiger partial charge in [0.15, 0.2) is 0 Å². The maximum Gasteiger partial charge on any atom is 0.240 e. The zero-order chi connectivity index (χ0) is 18.2. The van der Waals surface area contributed by atoms with Crippen LogP contribution in [0.1, 0.15) is 52.2 Å². The lowest BCUT2D eigenvalue weighted by molar-refractivity contribution is -0.170. The van der Waals surface area contributed by atoms with Crippen molar-refractivity contribution in [3.63, 3.8) is 0 Å². The van der Waals surface area contributed by atoms with Crippen molar-refractivity contribution >= 4 is 18.3 Å². The van der Waals surface area contributed by atoms with Crippen LogP contribution in [0.5, 0.6) is 0 Å². The van der Waals surface area contributed by atoms with Gasteiger partial charge in [0.2, 0.25) is 5.91 Å². The summed E-state index contributed by atoms with van der Waals surface area (Å²) in [7, 11) is 0. The first-order valence-electron chi connectivity index (χ1n) is 8.81. The summed E-state index contributed by atoms with van der Waals surface area (Å²) in [6, 6.07) is 8.30. The normalized spacial score (nSPS) is 24.8. The van der Waals surface area contributed by atoms with E-state index in [1.54, 1.807) is 0 Å². The summed E-state index contributed by atoms with van der Waals surface area (Å²) in [5, 5.41) is 3.09. The number of halogens is 1. The zero-order valence-corrected chi connectivity index (χ0v) is 17.1. The van der Waals surface area contributed by atoms with Crippen molar-refractivity contribution in [1.29, 1.82) is 0 Å². The van der Waals surface area contributed by atoms with Crippen LogP contribution in [0.3, 0.4) is 0 Å². The van der Waals surface area contributed by atoms with E-state index in [0.717, 1.165) is 0 Å². The molecule has 0 bridgehead atoms. The Morgan fingerprint density at radius 2 is 1.96 bits per heavy atom. The number of hydrogen-bond acceptors (Lipinski definition) is 3. The highest BCUT2D eigenvalue weighted by Crippen LogP contribution is 2.49. The summed E-state index contributed by atoms with van der Waals surface area (Å²) in [6.07, 6.45) is 0.618. The van der Waals surface area contributed by atoms with E-state index in [-0.39, 0.29) is 35.2 Å². The maximum atomic E-state index is 12.8. The summed E-state index contributed by atoms with van der Waals surface area (Å²) in [5.74, 6) is -0.0786. The third-order valence-corrected chi connectivity index (χ3v) is 5.80. The Hall–Kier alpha value is -1.10. The lowest BCUT2D eigenvalue weighted by atomic mass is 9.54. The van der Waals surface area contributed by atoms with Crippen molar-refractivity contribution in [2.75, 3.05) is 13.2 Å². The molecule has 0 radical (unpaired) electrons. The second kappa shape index (κ2) is 7.65. The monoisotopic (exact) mass is 368 g/mol. The van der Waals surface area contributed by atoms with Crippen LogP contribution < -0.4 is 11.1 Å². The third kappa shape index (κ3) is 3.86. The van der Waals surface area contributed by atoms with Crippen LogP contribution in [0.2, 0.25) is 0 Å². The molecule has 1 aromatic carbocycles. The highest BCUT2D eigenvalue weighted by molar-refractivity contribution is 5.88. The standard InChI is InChI=1S/C20H32N2O2.ClH/c1-7-24-16-12-20(21,19(16,5)6)17(23)22-13-18(3,4)15-11-9-8-10-14(15)2;/h8-11,16H,7,12-13,21H2,1-6H3,(H,22,23);1H. The van der Waals surface area contributed by atoms with Gasteiger partial charge in [-0.2, -0.15) is 0 Å². The Morgan fingerprint density at radius 3 is 2.48 bits per heavy atom. The quantitative estimate of drug-likeness (QED) is 0.809. The molecular formula is C20H33ClN2O2. The molecule has 0 heterocycles. The largest absolute Gasteiger partial charge is 0.378 e. The van der Waals surface area contributed by atoms with Crippen molar-refractivity contribution in [1.82, 2.24) is 5.32 Å². The highest BCUT2D eigenvalue weighted by atomic mass is 35.5. The van der Waals surface area contributed by atoms with Gasteiger partial charge in [0.25, 0.3) is 0 Å². The van der Waals surface area contributed by atoms with Crippen molar-refractivity contribution in [2.24, 2.45) is 11.1 Å². The smallest absolute Gasteiger partial charge is 0.240 e. The van der Waals surface area contributed by atoms with E-state index in [1.165, 1.54) is 11.1 Å². The molecule has 3 N–H and O–H groups in total. The highest BCUT2D eigenvalue weighted by Gasteiger charge is 2.62. The number of nitrogens with one attached hydrogen (secondary N) is 1. The number of hydrogen-bond donors (Lipinski definition) is 2. The minimum Gasteiger partial charge on any atom is -0.378 e. The van der Waals surface area contributed by atoms with Gasteiger partial charge in [-0.25, -0.2) is 0 Å². The van der Waals surface area contributed by atoms with E-state index < -0.39 is 5.54 Å². The van der Waals surface area contributed by atoms with Gasteiger partial charge in [-0.05, 0) is 25.0 Å². The van der Waals surface area contributed by atoms with Crippen LogP contribution in [0.25, 0.3) is 0 Å². The topological polar surface area (TPSA) is 64.3 Å². The van der Waals surface area contributed by atoms with Gasteiger partial charge in [-0.3, -0.25) is 4.79 Å². The molecule has 0 aliphatic heterocycles. The average Bonchev–Trinajstić information content (AvgIpc) is 2.52. The van der Waals surface area contributed by atoms with Crippen LogP contribution in [0, 0.1) is 12.3 Å². The van der Waals surface area contributed by atoms with E-state index in [4.69, 9.17) is 10.5 Å². The summed E-state index contributed by atoms with van der Waals surface area (Å²) in [4.78, 5) is 12.8. The maximum absolute atomic E-state index is 12.8. The molecule has 2 rings (SSSR count). The third-order valence-electron chi connectivity index (χ3n) is 5.80. The van der Waals surface area contributed by atoms with Crippen LogP contribution in [0.15, 0.2) is 24.3 Å². The molecule has 1 aromatic rings. The minimum absolute atomic E-state index is 0. The zero-order valence-electron chi connectivity index (χ0n) is 16.3. The van der Waals surface area contributed by atoms with Crippen molar-refractivity contribution < 1.29 is 9.53 Å². The predicted octanol–water partition coefficient (Wildman–Crippen LogP) is 3.34. The predicted molar refractivity (Wildman–Crippen MR) is 105 cm³/mol. The first-order chi connectivity index (χ1) is 11.1. The molecule has 5 heteroatoms. The number of rotatable bonds is 6. The first kappa shape index (κ1) is 21.9. The molecule has 1 aliphatic rings. The van der Waals surface area contributed by atoms with E-state index in [0.29, 0.717) is 19.6 Å². The molecule has 0 aromatic heterocycles. The molecule has 4 nitrogen and oxygen atoms in total. The van der Waals surface area contributed by atoms with Crippen molar-refractivity contribution in [3.8, 4) is 0 Å². The van der Waals surface area contributed by atoms with Gasteiger partial charge < -0.3 is 15.8 Å². The molecule has 1 fully saturated rings. The minimum atomic E-state index is -0.866. The second-order valence-electron chi connectivity index (χ2n) is 8.22. The molecule has 1 saturated carbocycles. The SMILES string of the molecule is CCOC1CC(N)(C(=O)NCC(C)(C)c2ccccc2C)C1(C)C.Cl. The van der Waals surface area contributed by atoms with Gasteiger partial charge >= 0.3 is 0 Å². The summed E-state index contributed by atoms with van der Waals surface area (Å²) >= 11 is 0. The fourth-order valence-electron chi connectivity index (χ4n) is 3.71. The summed E-state index contributed by atoms with van der Waals surface area (Å²) < 4.78 is 5.71. The first-order valence-corrected chi connectivity index (χ1v) is 8.81. The van der Waals surface area contributed by atoms with Crippen LogP contribution in [-0.4, -0.2) is 30.7 Å². The number of amides is 1. The van der Waals surface area contributed by atoms with Gasteiger partial charge in [0.05, 0.1) is 6.10 Å². The van der Waals surface area contributed by atoms with Crippen molar-refractivity contribution in [2.45, 2.75) is 65.0 Å². The summed E-state index contributed by atoms with van der Waals surface area (Å²) in [5.41, 5.74) is 7.56. The lowest BCUT2D eigenvalue weighted by Gasteiger charge is -2.57. The Balaban J connectivity index is 0.00000312. The Kier molecular flexibility index (Phi) is 6.71. The molecule has 2 unspecified atom stereocenters. The van der Waals surface area contributed by atoms with E-state index >= 15 is 0 Å². The number of benzene rings is 1. The molecule has 2 atom stereocenters. The lowest BCUT2D eigenvalue weighted by Crippen LogP contribution is -2.76. The van der Waals surface area contributed by atoms with E-state index in [2.05, 4.69) is 38.2 Å². The summed E-state index contributed by atoms with van der Waals surface area (Å²) in [6.45, 7) is 13.6. The Morgan fingerprint density at radius 1 is 1.36 bits per heavy atom. The Bertz CT molecular complexity index is 615. The van der Waals surface area contributed by atoms with Crippen LogP contribution in [-0.2, 0) is 14.9 Å². The van der Waals surface area contributed by atoms with Crippen LogP contribution >= 0.6 is 12.4 Å². The fraction of sp³-hybridized carbons (Fsp3) is 0.650. The second-order valence-corrected chi connectivity index (χ2v) is 8.22.